The lowest BCUT2D eigenvalue weighted by Crippen LogP contribution is -2.37. The van der Waals surface area contributed by atoms with E-state index >= 15 is 0 Å². The summed E-state index contributed by atoms with van der Waals surface area (Å²) in [5.41, 5.74) is 3.11. The fraction of sp³-hybridized carbons (Fsp3) is 0.769. The van der Waals surface area contributed by atoms with Gasteiger partial charge in [-0.3, -0.25) is 4.90 Å². The molecule has 0 aliphatic carbocycles. The highest BCUT2D eigenvalue weighted by atomic mass is 32.1. The van der Waals surface area contributed by atoms with Gasteiger partial charge in [-0.25, -0.2) is 4.98 Å². The van der Waals surface area contributed by atoms with Gasteiger partial charge in [0.15, 0.2) is 0 Å². The Kier molecular flexibility index (Phi) is 6.70. The van der Waals surface area contributed by atoms with Gasteiger partial charge in [0.1, 0.15) is 0 Å². The Morgan fingerprint density at radius 1 is 1.53 bits per heavy atom. The normalized spacial score (nSPS) is 13.2. The van der Waals surface area contributed by atoms with Gasteiger partial charge in [-0.1, -0.05) is 13.3 Å². The van der Waals surface area contributed by atoms with Gasteiger partial charge < -0.3 is 5.32 Å². The van der Waals surface area contributed by atoms with Gasteiger partial charge in [0.2, 0.25) is 0 Å². The molecule has 0 aromatic carbocycles. The number of unbranched alkanes of at least 4 members (excludes halogenated alkanes) is 1. The van der Waals surface area contributed by atoms with Crippen LogP contribution in [-0.2, 0) is 6.54 Å². The molecule has 3 nitrogen and oxygen atoms in total. The summed E-state index contributed by atoms with van der Waals surface area (Å²) in [6.07, 6.45) is 2.53. The molecule has 0 bridgehead atoms. The number of thiazole rings is 1. The Balaban J connectivity index is 2.27. The summed E-state index contributed by atoms with van der Waals surface area (Å²) in [5, 5.41) is 3.51. The number of rotatable bonds is 8. The maximum atomic E-state index is 4.29. The zero-order valence-corrected chi connectivity index (χ0v) is 12.3. The monoisotopic (exact) mass is 255 g/mol. The molecular formula is C13H25N3S. The predicted octanol–water partition coefficient (Wildman–Crippen LogP) is 2.66. The molecule has 0 spiro atoms. The maximum absolute atomic E-state index is 4.29. The summed E-state index contributed by atoms with van der Waals surface area (Å²) in [6, 6.07) is 0.563. The van der Waals surface area contributed by atoms with Crippen LogP contribution in [-0.4, -0.2) is 36.1 Å². The van der Waals surface area contributed by atoms with E-state index in [2.05, 4.69) is 43.0 Å². The standard InChI is InChI=1S/C13H25N3S/c1-5-6-7-14-8-11(2)16(4)9-13-12(3)15-10-17-13/h10-11,14H,5-9H2,1-4H3. The lowest BCUT2D eigenvalue weighted by atomic mass is 10.2. The van der Waals surface area contributed by atoms with E-state index in [9.17, 15) is 0 Å². The molecule has 98 valence electrons. The first-order chi connectivity index (χ1) is 8.15. The SMILES string of the molecule is CCCCNCC(C)N(C)Cc1scnc1C. The minimum atomic E-state index is 0.563. The number of aromatic nitrogens is 1. The fourth-order valence-electron chi connectivity index (χ4n) is 1.63. The molecule has 1 unspecified atom stereocenters. The second kappa shape index (κ2) is 7.80. The van der Waals surface area contributed by atoms with Gasteiger partial charge >= 0.3 is 0 Å². The topological polar surface area (TPSA) is 28.2 Å². The molecule has 1 rings (SSSR count). The summed E-state index contributed by atoms with van der Waals surface area (Å²) in [7, 11) is 2.19. The lowest BCUT2D eigenvalue weighted by Gasteiger charge is -2.24. The van der Waals surface area contributed by atoms with Crippen molar-refractivity contribution in [2.45, 2.75) is 46.2 Å². The van der Waals surface area contributed by atoms with E-state index in [1.54, 1.807) is 11.3 Å². The third kappa shape index (κ3) is 5.15. The summed E-state index contributed by atoms with van der Waals surface area (Å²) in [5.74, 6) is 0. The highest BCUT2D eigenvalue weighted by Gasteiger charge is 2.11. The van der Waals surface area contributed by atoms with Crippen LogP contribution in [0.1, 0.15) is 37.3 Å². The Morgan fingerprint density at radius 3 is 2.88 bits per heavy atom. The van der Waals surface area contributed by atoms with Crippen LogP contribution in [0.25, 0.3) is 0 Å². The third-order valence-corrected chi connectivity index (χ3v) is 4.06. The molecule has 1 atom stereocenters. The minimum Gasteiger partial charge on any atom is -0.315 e. The Hall–Kier alpha value is -0.450. The van der Waals surface area contributed by atoms with E-state index in [1.165, 1.54) is 23.4 Å². The van der Waals surface area contributed by atoms with E-state index in [1.807, 2.05) is 5.51 Å². The molecule has 0 saturated heterocycles. The van der Waals surface area contributed by atoms with Crippen molar-refractivity contribution in [3.8, 4) is 0 Å². The number of aryl methyl sites for hydroxylation is 1. The highest BCUT2D eigenvalue weighted by Crippen LogP contribution is 2.15. The van der Waals surface area contributed by atoms with Crippen molar-refractivity contribution in [3.63, 3.8) is 0 Å². The second-order valence-corrected chi connectivity index (χ2v) is 5.62. The van der Waals surface area contributed by atoms with Crippen molar-refractivity contribution < 1.29 is 0 Å². The number of nitrogens with zero attached hydrogens (tertiary/aromatic N) is 2. The van der Waals surface area contributed by atoms with Gasteiger partial charge in [-0.05, 0) is 33.9 Å². The van der Waals surface area contributed by atoms with E-state index in [-0.39, 0.29) is 0 Å². The molecule has 0 aliphatic heterocycles. The number of hydrogen-bond acceptors (Lipinski definition) is 4. The summed E-state index contributed by atoms with van der Waals surface area (Å²) < 4.78 is 0. The summed E-state index contributed by atoms with van der Waals surface area (Å²) in [6.45, 7) is 9.79. The molecule has 0 amide bonds. The summed E-state index contributed by atoms with van der Waals surface area (Å²) in [4.78, 5) is 8.06. The number of likely N-dealkylation sites (N-methyl/N-ethyl adjacent to an activating group) is 1. The third-order valence-electron chi connectivity index (χ3n) is 3.14. The van der Waals surface area contributed by atoms with Gasteiger partial charge in [-0.15, -0.1) is 11.3 Å². The molecule has 0 fully saturated rings. The first kappa shape index (κ1) is 14.6. The Morgan fingerprint density at radius 2 is 2.29 bits per heavy atom. The molecule has 0 saturated carbocycles. The van der Waals surface area contributed by atoms with Crippen LogP contribution in [0.5, 0.6) is 0 Å². The van der Waals surface area contributed by atoms with Crippen LogP contribution in [0, 0.1) is 6.92 Å². The van der Waals surface area contributed by atoms with E-state index in [0.717, 1.165) is 19.6 Å². The predicted molar refractivity (Wildman–Crippen MR) is 75.6 cm³/mol. The molecule has 1 N–H and O–H groups in total. The first-order valence-corrected chi connectivity index (χ1v) is 7.33. The van der Waals surface area contributed by atoms with Crippen molar-refractivity contribution in [2.24, 2.45) is 0 Å². The molecule has 1 heterocycles. The maximum Gasteiger partial charge on any atom is 0.0798 e. The van der Waals surface area contributed by atoms with Crippen molar-refractivity contribution >= 4 is 11.3 Å². The van der Waals surface area contributed by atoms with Crippen LogP contribution in [0.3, 0.4) is 0 Å². The van der Waals surface area contributed by atoms with Crippen LogP contribution in [0.15, 0.2) is 5.51 Å². The molecule has 4 heteroatoms. The zero-order valence-electron chi connectivity index (χ0n) is 11.5. The van der Waals surface area contributed by atoms with Crippen LogP contribution >= 0.6 is 11.3 Å². The second-order valence-electron chi connectivity index (χ2n) is 4.68. The van der Waals surface area contributed by atoms with Gasteiger partial charge in [-0.2, -0.15) is 0 Å². The number of nitrogens with one attached hydrogen (secondary N) is 1. The summed E-state index contributed by atoms with van der Waals surface area (Å²) >= 11 is 1.75. The largest absolute Gasteiger partial charge is 0.315 e. The van der Waals surface area contributed by atoms with E-state index in [0.29, 0.717) is 6.04 Å². The lowest BCUT2D eigenvalue weighted by molar-refractivity contribution is 0.244. The smallest absolute Gasteiger partial charge is 0.0798 e. The van der Waals surface area contributed by atoms with Gasteiger partial charge in [0.25, 0.3) is 0 Å². The van der Waals surface area contributed by atoms with Crippen molar-refractivity contribution in [1.29, 1.82) is 0 Å². The van der Waals surface area contributed by atoms with Gasteiger partial charge in [0.05, 0.1) is 11.2 Å². The highest BCUT2D eigenvalue weighted by molar-refractivity contribution is 7.09. The average molecular weight is 255 g/mol. The molecule has 0 aliphatic rings. The van der Waals surface area contributed by atoms with E-state index in [4.69, 9.17) is 0 Å². The van der Waals surface area contributed by atoms with Crippen LogP contribution < -0.4 is 5.32 Å². The molecule has 17 heavy (non-hydrogen) atoms. The zero-order chi connectivity index (χ0) is 12.7. The Labute approximate surface area is 109 Å². The van der Waals surface area contributed by atoms with E-state index < -0.39 is 0 Å². The van der Waals surface area contributed by atoms with Crippen molar-refractivity contribution in [2.75, 3.05) is 20.1 Å². The molecular weight excluding hydrogens is 230 g/mol. The van der Waals surface area contributed by atoms with Crippen molar-refractivity contribution in [1.82, 2.24) is 15.2 Å². The average Bonchev–Trinajstić information content (AvgIpc) is 2.70. The quantitative estimate of drug-likeness (QED) is 0.724. The van der Waals surface area contributed by atoms with Crippen LogP contribution in [0.2, 0.25) is 0 Å². The van der Waals surface area contributed by atoms with Crippen LogP contribution in [0.4, 0.5) is 0 Å². The Bertz CT molecular complexity index is 311. The molecule has 1 aromatic heterocycles. The van der Waals surface area contributed by atoms with Crippen molar-refractivity contribution in [3.05, 3.63) is 16.1 Å². The fourth-order valence-corrected chi connectivity index (χ4v) is 2.47. The number of hydrogen-bond donors (Lipinski definition) is 1. The molecule has 0 radical (unpaired) electrons. The van der Waals surface area contributed by atoms with Gasteiger partial charge in [0, 0.05) is 24.0 Å². The molecule has 1 aromatic rings. The first-order valence-electron chi connectivity index (χ1n) is 6.45. The minimum absolute atomic E-state index is 0.563.